The second-order valence-corrected chi connectivity index (χ2v) is 18.1. The zero-order chi connectivity index (χ0) is 42.6. The Morgan fingerprint density at radius 1 is 0.397 bits per heavy atom. The minimum atomic E-state index is 0.00603. The summed E-state index contributed by atoms with van der Waals surface area (Å²) in [6, 6.07) is 0. The van der Waals surface area contributed by atoms with Crippen LogP contribution in [0.25, 0.3) is 0 Å². The highest BCUT2D eigenvalue weighted by Gasteiger charge is 2.15. The molecule has 0 fully saturated rings. The van der Waals surface area contributed by atoms with Crippen LogP contribution >= 0.6 is 0 Å². The molecule has 0 heterocycles. The average molecular weight is 821 g/mol. The van der Waals surface area contributed by atoms with E-state index >= 15 is 0 Å². The Bertz CT molecular complexity index is 845. The van der Waals surface area contributed by atoms with Crippen LogP contribution in [0, 0.1) is 11.8 Å². The number of hydrogen-bond donors (Lipinski definition) is 0. The average Bonchev–Trinajstić information content (AvgIpc) is 3.23. The number of hydrogen-bond acceptors (Lipinski definition) is 5. The third-order valence-corrected chi connectivity index (χ3v) is 12.3. The first-order valence-electron chi connectivity index (χ1n) is 26.2. The van der Waals surface area contributed by atoms with E-state index in [9.17, 15) is 9.59 Å². The molecule has 0 aromatic rings. The van der Waals surface area contributed by atoms with Gasteiger partial charge >= 0.3 is 5.97 Å². The number of rotatable bonds is 47. The summed E-state index contributed by atoms with van der Waals surface area (Å²) >= 11 is 0. The van der Waals surface area contributed by atoms with Crippen molar-refractivity contribution in [2.75, 3.05) is 52.5 Å². The quantitative estimate of drug-likeness (QED) is 0.0452. The Kier molecular flexibility index (Phi) is 44.5. The molecule has 346 valence electrons. The normalized spacial score (nSPS) is 12.7. The van der Waals surface area contributed by atoms with Gasteiger partial charge < -0.3 is 19.3 Å². The fraction of sp³-hybridized carbons (Fsp3) is 0.962. The summed E-state index contributed by atoms with van der Waals surface area (Å²) in [5.74, 6) is 1.66. The van der Waals surface area contributed by atoms with Crippen LogP contribution in [0.5, 0.6) is 0 Å². The first-order valence-corrected chi connectivity index (χ1v) is 26.2. The zero-order valence-corrected chi connectivity index (χ0v) is 40.4. The predicted octanol–water partition coefficient (Wildman–Crippen LogP) is 15.3. The number of unbranched alkanes of at least 4 members (excludes halogenated alkanes) is 19. The molecule has 0 radical (unpaired) electrons. The van der Waals surface area contributed by atoms with Crippen molar-refractivity contribution in [3.8, 4) is 0 Å². The molecule has 0 aliphatic rings. The first kappa shape index (κ1) is 56.9. The number of amides is 1. The molecule has 0 N–H and O–H groups in total. The van der Waals surface area contributed by atoms with Gasteiger partial charge in [-0.2, -0.15) is 0 Å². The van der Waals surface area contributed by atoms with Gasteiger partial charge in [0.2, 0.25) is 5.91 Å². The summed E-state index contributed by atoms with van der Waals surface area (Å²) in [5.41, 5.74) is 0. The third kappa shape index (κ3) is 37.8. The lowest BCUT2D eigenvalue weighted by atomic mass is 9.96. The summed E-state index contributed by atoms with van der Waals surface area (Å²) in [6.07, 6.45) is 40.7. The molecule has 58 heavy (non-hydrogen) atoms. The van der Waals surface area contributed by atoms with E-state index in [2.05, 4.69) is 51.3 Å². The number of carbonyl (C=O) groups excluding carboxylic acids is 2. The van der Waals surface area contributed by atoms with Gasteiger partial charge in [-0.05, 0) is 102 Å². The number of carbonyl (C=O) groups is 2. The maximum absolute atomic E-state index is 13.2. The first-order chi connectivity index (χ1) is 28.4. The highest BCUT2D eigenvalue weighted by molar-refractivity contribution is 5.76. The molecule has 2 unspecified atom stereocenters. The van der Waals surface area contributed by atoms with Crippen LogP contribution < -0.4 is 0 Å². The maximum Gasteiger partial charge on any atom is 0.305 e. The minimum absolute atomic E-state index is 0.00603. The van der Waals surface area contributed by atoms with Crippen molar-refractivity contribution in [1.29, 1.82) is 0 Å². The zero-order valence-electron chi connectivity index (χ0n) is 40.4. The molecule has 2 atom stereocenters. The van der Waals surface area contributed by atoms with Gasteiger partial charge in [0.15, 0.2) is 0 Å². The standard InChI is InChI=1S/C52H104N2O4/c1-7-13-19-28-37-49(35-15-9-3)47-57-46-33-27-22-21-25-31-41-53(43-34-39-51(55)54(44-17-11-5)45-18-12-6)42-32-26-23-24-30-40-52(56)58-48-50(36-16-10-4)38-29-20-14-8-2/h49-50H,7-48H2,1-6H3. The van der Waals surface area contributed by atoms with E-state index in [0.29, 0.717) is 31.3 Å². The SMILES string of the molecule is CCCCCCC(CCCC)COCCCCCCCCN(CCCCCCCC(=O)OCC(CCCC)CCCCCC)CCCC(=O)N(CCCC)CCCC. The lowest BCUT2D eigenvalue weighted by molar-refractivity contribution is -0.145. The second kappa shape index (κ2) is 45.4. The Hall–Kier alpha value is -1.14. The minimum Gasteiger partial charge on any atom is -0.465 e. The molecule has 6 heteroatoms. The molecule has 0 bridgehead atoms. The van der Waals surface area contributed by atoms with Gasteiger partial charge in [0.05, 0.1) is 6.61 Å². The van der Waals surface area contributed by atoms with Crippen molar-refractivity contribution < 1.29 is 19.1 Å². The van der Waals surface area contributed by atoms with Crippen LogP contribution in [0.1, 0.15) is 260 Å². The largest absolute Gasteiger partial charge is 0.465 e. The Balaban J connectivity index is 4.57. The van der Waals surface area contributed by atoms with E-state index in [1.54, 1.807) is 0 Å². The van der Waals surface area contributed by atoms with Crippen LogP contribution in [0.4, 0.5) is 0 Å². The lowest BCUT2D eigenvalue weighted by Gasteiger charge is -2.25. The van der Waals surface area contributed by atoms with Crippen LogP contribution in [-0.2, 0) is 19.1 Å². The van der Waals surface area contributed by atoms with E-state index in [1.165, 1.54) is 161 Å². The van der Waals surface area contributed by atoms with E-state index in [1.807, 2.05) is 0 Å². The van der Waals surface area contributed by atoms with Gasteiger partial charge in [-0.15, -0.1) is 0 Å². The predicted molar refractivity (Wildman–Crippen MR) is 253 cm³/mol. The highest BCUT2D eigenvalue weighted by atomic mass is 16.5. The van der Waals surface area contributed by atoms with Crippen molar-refractivity contribution in [2.45, 2.75) is 260 Å². The summed E-state index contributed by atoms with van der Waals surface area (Å²) in [4.78, 5) is 30.5. The van der Waals surface area contributed by atoms with Gasteiger partial charge in [-0.25, -0.2) is 0 Å². The number of nitrogens with zero attached hydrogens (tertiary/aromatic N) is 2. The Morgan fingerprint density at radius 2 is 0.828 bits per heavy atom. The fourth-order valence-electron chi connectivity index (χ4n) is 8.25. The van der Waals surface area contributed by atoms with E-state index < -0.39 is 0 Å². The molecular formula is C52H104N2O4. The van der Waals surface area contributed by atoms with Crippen molar-refractivity contribution in [1.82, 2.24) is 9.80 Å². The monoisotopic (exact) mass is 821 g/mol. The summed E-state index contributed by atoms with van der Waals surface area (Å²) in [6.45, 7) is 21.2. The smallest absolute Gasteiger partial charge is 0.305 e. The van der Waals surface area contributed by atoms with Gasteiger partial charge in [0.1, 0.15) is 0 Å². The highest BCUT2D eigenvalue weighted by Crippen LogP contribution is 2.20. The summed E-state index contributed by atoms with van der Waals surface area (Å²) < 4.78 is 12.0. The number of ether oxygens (including phenoxy) is 2. The van der Waals surface area contributed by atoms with E-state index in [4.69, 9.17) is 9.47 Å². The van der Waals surface area contributed by atoms with Gasteiger partial charge in [0.25, 0.3) is 0 Å². The molecule has 6 nitrogen and oxygen atoms in total. The maximum atomic E-state index is 13.2. The third-order valence-electron chi connectivity index (χ3n) is 12.3. The van der Waals surface area contributed by atoms with Gasteiger partial charge in [-0.3, -0.25) is 9.59 Å². The summed E-state index contributed by atoms with van der Waals surface area (Å²) in [7, 11) is 0. The molecule has 1 amide bonds. The molecule has 0 saturated carbocycles. The van der Waals surface area contributed by atoms with Crippen LogP contribution in [-0.4, -0.2) is 74.2 Å². The van der Waals surface area contributed by atoms with Crippen LogP contribution in [0.2, 0.25) is 0 Å². The van der Waals surface area contributed by atoms with E-state index in [0.717, 1.165) is 96.8 Å². The molecule has 0 aliphatic heterocycles. The van der Waals surface area contributed by atoms with Gasteiger partial charge in [0, 0.05) is 39.1 Å². The molecular weight excluding hydrogens is 717 g/mol. The van der Waals surface area contributed by atoms with Crippen molar-refractivity contribution in [2.24, 2.45) is 11.8 Å². The van der Waals surface area contributed by atoms with Gasteiger partial charge in [-0.1, -0.05) is 176 Å². The van der Waals surface area contributed by atoms with Crippen molar-refractivity contribution >= 4 is 11.9 Å². The van der Waals surface area contributed by atoms with Crippen molar-refractivity contribution in [3.05, 3.63) is 0 Å². The molecule has 0 saturated heterocycles. The fourth-order valence-corrected chi connectivity index (χ4v) is 8.25. The molecule has 0 aliphatic carbocycles. The van der Waals surface area contributed by atoms with Crippen molar-refractivity contribution in [3.63, 3.8) is 0 Å². The van der Waals surface area contributed by atoms with E-state index in [-0.39, 0.29) is 5.97 Å². The molecule has 0 aromatic carbocycles. The second-order valence-electron chi connectivity index (χ2n) is 18.1. The molecule has 0 spiro atoms. The molecule has 0 rings (SSSR count). The number of esters is 1. The topological polar surface area (TPSA) is 59.1 Å². The Morgan fingerprint density at radius 3 is 1.36 bits per heavy atom. The Labute approximate surface area is 363 Å². The lowest BCUT2D eigenvalue weighted by Crippen LogP contribution is -2.34. The van der Waals surface area contributed by atoms with Crippen LogP contribution in [0.15, 0.2) is 0 Å². The van der Waals surface area contributed by atoms with Crippen LogP contribution in [0.3, 0.4) is 0 Å². The molecule has 0 aromatic heterocycles. The summed E-state index contributed by atoms with van der Waals surface area (Å²) in [5, 5.41) is 0.